The van der Waals surface area contributed by atoms with E-state index in [1.165, 1.54) is 0 Å². The lowest BCUT2D eigenvalue weighted by Crippen LogP contribution is -2.21. The molecule has 2 N–H and O–H groups in total. The van der Waals surface area contributed by atoms with Gasteiger partial charge in [-0.2, -0.15) is 10.4 Å². The average Bonchev–Trinajstić information content (AvgIpc) is 2.74. The van der Waals surface area contributed by atoms with E-state index >= 15 is 0 Å². The van der Waals surface area contributed by atoms with E-state index in [0.717, 1.165) is 11.3 Å². The van der Waals surface area contributed by atoms with Gasteiger partial charge in [-0.05, 0) is 6.08 Å². The first kappa shape index (κ1) is 6.61. The number of nitriles is 1. The van der Waals surface area contributed by atoms with Crippen LogP contribution in [0.3, 0.4) is 0 Å². The first-order valence-electron chi connectivity index (χ1n) is 3.35. The summed E-state index contributed by atoms with van der Waals surface area (Å²) in [6.07, 6.45) is 5.11. The van der Waals surface area contributed by atoms with Gasteiger partial charge in [-0.1, -0.05) is 0 Å². The van der Waals surface area contributed by atoms with E-state index in [9.17, 15) is 0 Å². The summed E-state index contributed by atoms with van der Waals surface area (Å²) in [5, 5.41) is 15.9. The van der Waals surface area contributed by atoms with Crippen molar-refractivity contribution in [1.82, 2.24) is 10.9 Å². The number of nitrogens with zero attached hydrogens (tertiary/aromatic N) is 3. The molecule has 0 aromatic carbocycles. The fraction of sp³-hybridized carbons (Fsp3) is 0. The number of nitrogens with one attached hydrogen (secondary N) is 2. The molecule has 0 atom stereocenters. The van der Waals surface area contributed by atoms with Crippen molar-refractivity contribution in [1.29, 1.82) is 5.26 Å². The number of hydrogen-bond acceptors (Lipinski definition) is 5. The van der Waals surface area contributed by atoms with Crippen molar-refractivity contribution >= 4 is 11.9 Å². The molecule has 2 rings (SSSR count). The van der Waals surface area contributed by atoms with Crippen LogP contribution in [0.1, 0.15) is 0 Å². The molecule has 12 heavy (non-hydrogen) atoms. The van der Waals surface area contributed by atoms with Gasteiger partial charge >= 0.3 is 0 Å². The van der Waals surface area contributed by atoms with E-state index in [1.54, 1.807) is 12.4 Å². The van der Waals surface area contributed by atoms with Crippen LogP contribution in [0, 0.1) is 11.3 Å². The monoisotopic (exact) mass is 159 g/mol. The van der Waals surface area contributed by atoms with Crippen LogP contribution < -0.4 is 10.9 Å². The molecule has 0 bridgehead atoms. The van der Waals surface area contributed by atoms with Gasteiger partial charge in [0.25, 0.3) is 0 Å². The third-order valence-electron chi connectivity index (χ3n) is 1.54. The maximum absolute atomic E-state index is 8.63. The van der Waals surface area contributed by atoms with Gasteiger partial charge in [-0.3, -0.25) is 0 Å². The van der Waals surface area contributed by atoms with Crippen LogP contribution in [0.2, 0.25) is 0 Å². The van der Waals surface area contributed by atoms with Crippen molar-refractivity contribution in [2.45, 2.75) is 0 Å². The second kappa shape index (κ2) is 2.51. The van der Waals surface area contributed by atoms with Gasteiger partial charge in [-0.25, -0.2) is 0 Å². The molecule has 0 fully saturated rings. The predicted octanol–water partition coefficient (Wildman–Crippen LogP) is -0.174. The molecule has 2 heterocycles. The molecule has 0 aromatic rings. The molecule has 5 heteroatoms. The predicted molar refractivity (Wildman–Crippen MR) is 44.0 cm³/mol. The van der Waals surface area contributed by atoms with E-state index in [-0.39, 0.29) is 0 Å². The minimum atomic E-state index is 0.339. The van der Waals surface area contributed by atoms with E-state index in [4.69, 9.17) is 5.26 Å². The summed E-state index contributed by atoms with van der Waals surface area (Å²) < 4.78 is 0. The Hall–Kier alpha value is -2.09. The summed E-state index contributed by atoms with van der Waals surface area (Å²) in [5.74, 6) is 0. The highest BCUT2D eigenvalue weighted by Crippen LogP contribution is 2.10. The van der Waals surface area contributed by atoms with E-state index < -0.39 is 0 Å². The lowest BCUT2D eigenvalue weighted by atomic mass is 10.1. The minimum Gasteiger partial charge on any atom is -0.308 e. The average molecular weight is 159 g/mol. The summed E-state index contributed by atoms with van der Waals surface area (Å²) in [6, 6.07) is 1.96. The van der Waals surface area contributed by atoms with Crippen LogP contribution in [-0.2, 0) is 0 Å². The Balaban J connectivity index is 2.42. The Morgan fingerprint density at radius 1 is 1.50 bits per heavy atom. The van der Waals surface area contributed by atoms with Gasteiger partial charge in [0, 0.05) is 6.20 Å². The molecule has 0 radical (unpaired) electrons. The van der Waals surface area contributed by atoms with Gasteiger partial charge in [0.1, 0.15) is 6.07 Å². The first-order chi connectivity index (χ1) is 5.92. The molecule has 5 nitrogen and oxygen atoms in total. The zero-order valence-corrected chi connectivity index (χ0v) is 6.07. The summed E-state index contributed by atoms with van der Waals surface area (Å²) in [4.78, 5) is 0. The van der Waals surface area contributed by atoms with Gasteiger partial charge < -0.3 is 10.9 Å². The van der Waals surface area contributed by atoms with Gasteiger partial charge in [-0.15, -0.1) is 5.10 Å². The molecule has 0 aromatic heterocycles. The summed E-state index contributed by atoms with van der Waals surface area (Å²) in [7, 11) is 0. The highest BCUT2D eigenvalue weighted by Gasteiger charge is 2.15. The molecule has 58 valence electrons. The SMILES string of the molecule is N#CC1=NN=CC1=C1C=CNN1. The zero-order valence-electron chi connectivity index (χ0n) is 6.07. The lowest BCUT2D eigenvalue weighted by Gasteiger charge is -1.99. The molecule has 2 aliphatic rings. The summed E-state index contributed by atoms with van der Waals surface area (Å²) >= 11 is 0. The quantitative estimate of drug-likeness (QED) is 0.515. The number of rotatable bonds is 0. The fourth-order valence-electron chi connectivity index (χ4n) is 0.982. The molecule has 0 unspecified atom stereocenters. The highest BCUT2D eigenvalue weighted by molar-refractivity contribution is 6.26. The molecular formula is C7H5N5. The maximum Gasteiger partial charge on any atom is 0.174 e. The van der Waals surface area contributed by atoms with Gasteiger partial charge in [0.2, 0.25) is 0 Å². The Morgan fingerprint density at radius 3 is 3.08 bits per heavy atom. The fourth-order valence-corrected chi connectivity index (χ4v) is 0.982. The third kappa shape index (κ3) is 0.864. The molecule has 0 amide bonds. The lowest BCUT2D eigenvalue weighted by molar-refractivity contribution is 0.785. The number of hydrogen-bond donors (Lipinski definition) is 2. The maximum atomic E-state index is 8.63. The second-order valence-corrected chi connectivity index (χ2v) is 2.24. The standard InChI is InChI=1S/C7H5N5/c8-3-7-5(4-10-12-7)6-1-2-9-11-6/h1-2,4,9,11H. The van der Waals surface area contributed by atoms with Crippen LogP contribution >= 0.6 is 0 Å². The van der Waals surface area contributed by atoms with Crippen molar-refractivity contribution in [2.75, 3.05) is 0 Å². The Bertz CT molecular complexity index is 366. The topological polar surface area (TPSA) is 72.6 Å². The largest absolute Gasteiger partial charge is 0.308 e. The summed E-state index contributed by atoms with van der Waals surface area (Å²) in [6.45, 7) is 0. The molecule has 0 aliphatic carbocycles. The Morgan fingerprint density at radius 2 is 2.42 bits per heavy atom. The van der Waals surface area contributed by atoms with E-state index in [1.807, 2.05) is 12.1 Å². The molecular weight excluding hydrogens is 154 g/mol. The molecule has 2 aliphatic heterocycles. The number of hydrazine groups is 1. The van der Waals surface area contributed by atoms with Gasteiger partial charge in [0.15, 0.2) is 5.71 Å². The van der Waals surface area contributed by atoms with Crippen LogP contribution in [-0.4, -0.2) is 11.9 Å². The van der Waals surface area contributed by atoms with E-state index in [2.05, 4.69) is 21.1 Å². The first-order valence-corrected chi connectivity index (χ1v) is 3.35. The smallest absolute Gasteiger partial charge is 0.174 e. The zero-order chi connectivity index (χ0) is 8.39. The minimum absolute atomic E-state index is 0.339. The second-order valence-electron chi connectivity index (χ2n) is 2.24. The Labute approximate surface area is 68.8 Å². The van der Waals surface area contributed by atoms with Crippen molar-refractivity contribution in [3.63, 3.8) is 0 Å². The molecule has 0 saturated heterocycles. The molecule has 0 spiro atoms. The normalized spacial score (nSPS) is 24.8. The van der Waals surface area contributed by atoms with Crippen molar-refractivity contribution in [3.05, 3.63) is 23.5 Å². The van der Waals surface area contributed by atoms with E-state index in [0.29, 0.717) is 5.71 Å². The van der Waals surface area contributed by atoms with Crippen LogP contribution in [0.5, 0.6) is 0 Å². The van der Waals surface area contributed by atoms with Crippen molar-refractivity contribution in [3.8, 4) is 6.07 Å². The molecule has 0 saturated carbocycles. The van der Waals surface area contributed by atoms with Crippen LogP contribution in [0.25, 0.3) is 0 Å². The highest BCUT2D eigenvalue weighted by atomic mass is 15.4. The van der Waals surface area contributed by atoms with Crippen molar-refractivity contribution < 1.29 is 0 Å². The van der Waals surface area contributed by atoms with Gasteiger partial charge in [0.05, 0.1) is 17.5 Å². The number of allylic oxidation sites excluding steroid dienone is 2. The Kier molecular flexibility index (Phi) is 1.38. The van der Waals surface area contributed by atoms with Crippen LogP contribution in [0.4, 0.5) is 0 Å². The van der Waals surface area contributed by atoms with Crippen LogP contribution in [0.15, 0.2) is 33.7 Å². The third-order valence-corrected chi connectivity index (χ3v) is 1.54. The summed E-state index contributed by atoms with van der Waals surface area (Å²) in [5.41, 5.74) is 7.51. The van der Waals surface area contributed by atoms with Crippen molar-refractivity contribution in [2.24, 2.45) is 10.2 Å².